The molecule has 14 heavy (non-hydrogen) atoms. The average molecular weight is 237 g/mol. The molecule has 0 amide bonds. The van der Waals surface area contributed by atoms with E-state index >= 15 is 0 Å². The molecule has 1 N–H and O–H groups in total. The summed E-state index contributed by atoms with van der Waals surface area (Å²) in [4.78, 5) is 10.9. The van der Waals surface area contributed by atoms with Crippen molar-refractivity contribution in [2.45, 2.75) is 0 Å². The molecule has 2 rings (SSSR count). The fourth-order valence-corrected chi connectivity index (χ4v) is 2.78. The molecule has 2 aromatic carbocycles. The number of hydrogen-bond acceptors (Lipinski definition) is 1. The van der Waals surface area contributed by atoms with E-state index in [0.717, 1.165) is 33.2 Å². The molecule has 2 aromatic rings. The molecule has 2 nitrogen and oxygen atoms in total. The molecule has 0 heterocycles. The zero-order valence-corrected chi connectivity index (χ0v) is 10.5. The maximum absolute atomic E-state index is 10.9. The summed E-state index contributed by atoms with van der Waals surface area (Å²) in [6, 6.07) is 11.4. The van der Waals surface area contributed by atoms with Crippen molar-refractivity contribution in [3.05, 3.63) is 42.0 Å². The Hall–Kier alpha value is -1.21. The predicted octanol–water partition coefficient (Wildman–Crippen LogP) is 1.71. The summed E-state index contributed by atoms with van der Waals surface area (Å²) in [6.07, 6.45) is 0. The van der Waals surface area contributed by atoms with Crippen molar-refractivity contribution in [3.63, 3.8) is 0 Å². The van der Waals surface area contributed by atoms with Crippen LogP contribution in [0.1, 0.15) is 10.4 Å². The Morgan fingerprint density at radius 3 is 2.57 bits per heavy atom. The molecule has 0 aliphatic rings. The van der Waals surface area contributed by atoms with E-state index in [1.165, 1.54) is 0 Å². The zero-order valence-electron chi connectivity index (χ0n) is 7.53. The Bertz CT molecular complexity index is 506. The van der Waals surface area contributed by atoms with Gasteiger partial charge in [-0.05, 0) is 0 Å². The standard InChI is InChI=1S/C11H7O2.Zn/c12-11(13)10-6-5-8-3-1-2-4-9(8)7-10;/h1-6H,(H,12,13);. The normalized spacial score (nSPS) is 10.4. The minimum absolute atomic E-state index is 0.434. The predicted molar refractivity (Wildman–Crippen MR) is 50.5 cm³/mol. The number of aromatic carboxylic acids is 1. The van der Waals surface area contributed by atoms with Crippen LogP contribution in [-0.2, 0) is 18.3 Å². The second-order valence-electron chi connectivity index (χ2n) is 3.12. The molecule has 0 radical (unpaired) electrons. The molecule has 0 fully saturated rings. The first-order valence-corrected chi connectivity index (χ1v) is 5.75. The van der Waals surface area contributed by atoms with Gasteiger partial charge in [0.25, 0.3) is 0 Å². The Morgan fingerprint density at radius 1 is 1.14 bits per heavy atom. The molecule has 65 valence electrons. The first-order valence-electron chi connectivity index (χ1n) is 4.27. The number of carbonyl (C=O) groups is 1. The molecule has 3 heteroatoms. The van der Waals surface area contributed by atoms with E-state index in [9.17, 15) is 4.79 Å². The molecule has 0 saturated carbocycles. The summed E-state index contributed by atoms with van der Waals surface area (Å²) in [5, 5.41) is 11.1. The maximum atomic E-state index is 10.9. The van der Waals surface area contributed by atoms with Crippen molar-refractivity contribution < 1.29 is 28.2 Å². The van der Waals surface area contributed by atoms with Gasteiger partial charge in [-0.1, -0.05) is 0 Å². The van der Waals surface area contributed by atoms with Crippen molar-refractivity contribution >= 4 is 20.9 Å². The van der Waals surface area contributed by atoms with E-state index < -0.39 is 5.97 Å². The summed E-state index contributed by atoms with van der Waals surface area (Å²) in [6.45, 7) is 0. The summed E-state index contributed by atoms with van der Waals surface area (Å²) in [7, 11) is 0. The first-order chi connectivity index (χ1) is 6.70. The van der Waals surface area contributed by atoms with E-state index in [4.69, 9.17) is 5.11 Å². The van der Waals surface area contributed by atoms with Gasteiger partial charge in [-0.25, -0.2) is 0 Å². The van der Waals surface area contributed by atoms with Crippen LogP contribution in [-0.4, -0.2) is 11.1 Å². The third-order valence-electron chi connectivity index (χ3n) is 2.27. The van der Waals surface area contributed by atoms with Crippen LogP contribution in [0.3, 0.4) is 0 Å². The molecular formula is C11H7O2Zn. The molecule has 0 aliphatic heterocycles. The van der Waals surface area contributed by atoms with Crippen LogP contribution < -0.4 is 4.16 Å². The molecule has 0 spiro atoms. The van der Waals surface area contributed by atoms with Crippen LogP contribution in [0.5, 0.6) is 0 Å². The molecule has 0 aliphatic carbocycles. The Morgan fingerprint density at radius 2 is 1.86 bits per heavy atom. The van der Waals surface area contributed by atoms with Crippen LogP contribution >= 0.6 is 0 Å². The fourth-order valence-electron chi connectivity index (χ4n) is 1.54. The Kier molecular flexibility index (Phi) is 2.34. The summed E-state index contributed by atoms with van der Waals surface area (Å²) in [5.74, 6) is -0.836. The van der Waals surface area contributed by atoms with Crippen LogP contribution in [0.4, 0.5) is 0 Å². The van der Waals surface area contributed by atoms with E-state index in [-0.39, 0.29) is 0 Å². The van der Waals surface area contributed by atoms with Crippen molar-refractivity contribution in [2.24, 2.45) is 0 Å². The molecule has 0 unspecified atom stereocenters. The van der Waals surface area contributed by atoms with E-state index in [1.807, 2.05) is 30.3 Å². The van der Waals surface area contributed by atoms with Gasteiger partial charge in [0.05, 0.1) is 0 Å². The van der Waals surface area contributed by atoms with Crippen molar-refractivity contribution in [1.82, 2.24) is 0 Å². The van der Waals surface area contributed by atoms with Crippen LogP contribution in [0.2, 0.25) is 0 Å². The quantitative estimate of drug-likeness (QED) is 0.766. The van der Waals surface area contributed by atoms with Gasteiger partial charge in [-0.3, -0.25) is 0 Å². The second kappa shape index (κ2) is 3.51. The third-order valence-corrected chi connectivity index (χ3v) is 3.87. The zero-order chi connectivity index (χ0) is 10.1. The van der Waals surface area contributed by atoms with Gasteiger partial charge in [0, 0.05) is 0 Å². The number of benzene rings is 2. The topological polar surface area (TPSA) is 37.3 Å². The number of hydrogen-bond donors (Lipinski definition) is 1. The molecule has 0 atom stereocenters. The first kappa shape index (κ1) is 9.35. The van der Waals surface area contributed by atoms with Gasteiger partial charge in [0.2, 0.25) is 0 Å². The summed E-state index contributed by atoms with van der Waals surface area (Å²) >= 11 is 0.864. The van der Waals surface area contributed by atoms with Gasteiger partial charge in [-0.15, -0.1) is 0 Å². The number of carboxylic acid groups (broad SMARTS) is 1. The van der Waals surface area contributed by atoms with Crippen molar-refractivity contribution in [3.8, 4) is 0 Å². The number of carboxylic acids is 1. The van der Waals surface area contributed by atoms with Crippen molar-refractivity contribution in [1.29, 1.82) is 0 Å². The molecule has 0 aromatic heterocycles. The third kappa shape index (κ3) is 1.44. The van der Waals surface area contributed by atoms with E-state index in [2.05, 4.69) is 0 Å². The number of fused-ring (bicyclic) bond motifs is 1. The van der Waals surface area contributed by atoms with Gasteiger partial charge in [0.15, 0.2) is 0 Å². The second-order valence-corrected chi connectivity index (χ2v) is 4.60. The Labute approximate surface area is 91.2 Å². The fraction of sp³-hybridized carbons (Fsp3) is 0. The SMILES string of the molecule is O=C(O)c1ccc2ccccc2[c]1[Zn]. The van der Waals surface area contributed by atoms with Gasteiger partial charge < -0.3 is 0 Å². The summed E-state index contributed by atoms with van der Waals surface area (Å²) in [5.41, 5.74) is 0.434. The minimum atomic E-state index is -0.836. The van der Waals surface area contributed by atoms with Crippen LogP contribution in [0, 0.1) is 0 Å². The number of rotatable bonds is 1. The Balaban J connectivity index is 2.81. The van der Waals surface area contributed by atoms with Crippen LogP contribution in [0.15, 0.2) is 36.4 Å². The van der Waals surface area contributed by atoms with Gasteiger partial charge in [-0.2, -0.15) is 0 Å². The van der Waals surface area contributed by atoms with Crippen LogP contribution in [0.25, 0.3) is 10.8 Å². The van der Waals surface area contributed by atoms with Crippen molar-refractivity contribution in [2.75, 3.05) is 0 Å². The summed E-state index contributed by atoms with van der Waals surface area (Å²) < 4.78 is 0.954. The monoisotopic (exact) mass is 235 g/mol. The van der Waals surface area contributed by atoms with E-state index in [0.29, 0.717) is 5.56 Å². The molecule has 0 bridgehead atoms. The van der Waals surface area contributed by atoms with Gasteiger partial charge in [0.1, 0.15) is 0 Å². The molecule has 0 saturated heterocycles. The average Bonchev–Trinajstić information content (AvgIpc) is 2.18. The van der Waals surface area contributed by atoms with Gasteiger partial charge >= 0.3 is 91.1 Å². The molecular weight excluding hydrogens is 230 g/mol. The van der Waals surface area contributed by atoms with E-state index in [1.54, 1.807) is 6.07 Å².